The summed E-state index contributed by atoms with van der Waals surface area (Å²) in [7, 11) is -3.44. The molecule has 0 saturated carbocycles. The number of nitrogens with zero attached hydrogens (tertiary/aromatic N) is 5. The quantitative estimate of drug-likeness (QED) is 0.332. The number of oxazole rings is 1. The Hall–Kier alpha value is -3.64. The second-order valence-electron chi connectivity index (χ2n) is 11.2. The van der Waals surface area contributed by atoms with Gasteiger partial charge in [0.1, 0.15) is 23.6 Å². The largest absolute Gasteiger partial charge is 0.443 e. The van der Waals surface area contributed by atoms with E-state index in [1.54, 1.807) is 19.2 Å². The molecule has 4 aromatic rings. The monoisotopic (exact) mass is 568 g/mol. The number of benzene rings is 1. The van der Waals surface area contributed by atoms with Gasteiger partial charge in [0.2, 0.25) is 15.9 Å². The number of halogens is 2. The first-order valence-electron chi connectivity index (χ1n) is 12.8. The van der Waals surface area contributed by atoms with Gasteiger partial charge in [-0.1, -0.05) is 26.8 Å². The minimum absolute atomic E-state index is 0.0384. The Morgan fingerprint density at radius 3 is 2.45 bits per heavy atom. The van der Waals surface area contributed by atoms with Crippen LogP contribution < -0.4 is 4.72 Å². The highest BCUT2D eigenvalue weighted by Gasteiger charge is 2.52. The fourth-order valence-corrected chi connectivity index (χ4v) is 6.36. The predicted molar refractivity (Wildman–Crippen MR) is 145 cm³/mol. The molecule has 3 aromatic heterocycles. The van der Waals surface area contributed by atoms with Crippen molar-refractivity contribution < 1.29 is 21.6 Å². The zero-order chi connectivity index (χ0) is 29.0. The standard InChI is InChI=1S/C28H30F2N6O3S/c1-15-11-27(3,4)28(5,25-17(15)10-20(34-35-25)24-18(29)8-7-9-19(24)30)23-13-31-12-21(32-23)26-33-22(14-39-26)16(2)36-40(6,37)38/h7-10,12-16,36H,11H2,1-6H3/t15-,16-,28+/m1/s1. The maximum absolute atomic E-state index is 14.6. The molecule has 1 aliphatic rings. The van der Waals surface area contributed by atoms with Gasteiger partial charge >= 0.3 is 0 Å². The number of fused-ring (bicyclic) bond motifs is 1. The first kappa shape index (κ1) is 27.9. The van der Waals surface area contributed by atoms with Crippen molar-refractivity contribution in [3.63, 3.8) is 0 Å². The lowest BCUT2D eigenvalue weighted by atomic mass is 9.54. The van der Waals surface area contributed by atoms with Crippen LogP contribution in [0.4, 0.5) is 8.78 Å². The summed E-state index contributed by atoms with van der Waals surface area (Å²) in [6.45, 7) is 9.98. The summed E-state index contributed by atoms with van der Waals surface area (Å²) in [5.74, 6) is -1.18. The molecule has 0 aliphatic heterocycles. The van der Waals surface area contributed by atoms with E-state index in [0.717, 1.165) is 18.2 Å². The van der Waals surface area contributed by atoms with Gasteiger partial charge in [0.25, 0.3) is 0 Å². The highest BCUT2D eigenvalue weighted by molar-refractivity contribution is 7.88. The maximum Gasteiger partial charge on any atom is 0.246 e. The van der Waals surface area contributed by atoms with Crippen LogP contribution in [-0.4, -0.2) is 39.8 Å². The van der Waals surface area contributed by atoms with E-state index in [1.807, 2.05) is 6.92 Å². The number of aromatic nitrogens is 5. The van der Waals surface area contributed by atoms with Crippen LogP contribution in [0.15, 0.2) is 47.3 Å². The summed E-state index contributed by atoms with van der Waals surface area (Å²) in [5, 5.41) is 8.83. The van der Waals surface area contributed by atoms with Crippen molar-refractivity contribution in [1.82, 2.24) is 29.9 Å². The first-order chi connectivity index (χ1) is 18.7. The van der Waals surface area contributed by atoms with Crippen molar-refractivity contribution in [1.29, 1.82) is 0 Å². The van der Waals surface area contributed by atoms with Crippen LogP contribution in [-0.2, 0) is 15.4 Å². The Labute approximate surface area is 231 Å². The van der Waals surface area contributed by atoms with Crippen LogP contribution in [0.25, 0.3) is 22.8 Å². The van der Waals surface area contributed by atoms with Gasteiger partial charge in [-0.25, -0.2) is 31.9 Å². The molecule has 0 radical (unpaired) electrons. The molecule has 1 aliphatic carbocycles. The smallest absolute Gasteiger partial charge is 0.246 e. The molecule has 0 saturated heterocycles. The van der Waals surface area contributed by atoms with Crippen LogP contribution >= 0.6 is 0 Å². The normalized spacial score (nSPS) is 21.1. The molecule has 9 nitrogen and oxygen atoms in total. The zero-order valence-corrected chi connectivity index (χ0v) is 23.8. The third kappa shape index (κ3) is 4.79. The molecule has 1 N–H and O–H groups in total. The molecule has 0 amide bonds. The van der Waals surface area contributed by atoms with Gasteiger partial charge < -0.3 is 4.42 Å². The van der Waals surface area contributed by atoms with Crippen molar-refractivity contribution in [2.45, 2.75) is 58.4 Å². The van der Waals surface area contributed by atoms with Gasteiger partial charge in [-0.15, -0.1) is 5.10 Å². The average Bonchev–Trinajstić information content (AvgIpc) is 3.37. The molecule has 40 heavy (non-hydrogen) atoms. The Morgan fingerprint density at radius 2 is 1.77 bits per heavy atom. The van der Waals surface area contributed by atoms with Gasteiger partial charge in [0, 0.05) is 6.20 Å². The number of hydrogen-bond acceptors (Lipinski definition) is 8. The van der Waals surface area contributed by atoms with E-state index < -0.39 is 33.1 Å². The number of nitrogens with one attached hydrogen (secondary N) is 1. The van der Waals surface area contributed by atoms with Crippen molar-refractivity contribution in [2.24, 2.45) is 5.41 Å². The molecule has 210 valence electrons. The molecule has 1 aromatic carbocycles. The van der Waals surface area contributed by atoms with Gasteiger partial charge in [-0.2, -0.15) is 5.10 Å². The molecular weight excluding hydrogens is 538 g/mol. The zero-order valence-electron chi connectivity index (χ0n) is 23.0. The number of hydrogen-bond donors (Lipinski definition) is 1. The molecule has 3 heterocycles. The average molecular weight is 569 g/mol. The molecule has 3 atom stereocenters. The third-order valence-electron chi connectivity index (χ3n) is 7.94. The summed E-state index contributed by atoms with van der Waals surface area (Å²) in [6, 6.07) is 4.83. The van der Waals surface area contributed by atoms with Crippen LogP contribution in [0.2, 0.25) is 0 Å². The number of sulfonamides is 1. The minimum atomic E-state index is -3.44. The summed E-state index contributed by atoms with van der Waals surface area (Å²) < 4.78 is 60.5. The van der Waals surface area contributed by atoms with Crippen LogP contribution in [0.3, 0.4) is 0 Å². The Balaban J connectivity index is 1.59. The summed E-state index contributed by atoms with van der Waals surface area (Å²) in [5.41, 5.74) is 1.64. The molecule has 0 spiro atoms. The SMILES string of the molecule is C[C@@H]1CC(C)(C)[C@@](C)(c2cncc(-c3nc([C@@H](C)NS(C)(=O)=O)co3)n2)c2nnc(-c3c(F)cccc3F)cc21. The van der Waals surface area contributed by atoms with Crippen molar-refractivity contribution in [3.8, 4) is 22.8 Å². The third-order valence-corrected chi connectivity index (χ3v) is 8.72. The van der Waals surface area contributed by atoms with E-state index in [-0.39, 0.29) is 28.5 Å². The second kappa shape index (κ2) is 9.77. The van der Waals surface area contributed by atoms with Gasteiger partial charge in [-0.05, 0) is 55.4 Å². The first-order valence-corrected chi connectivity index (χ1v) is 14.7. The lowest BCUT2D eigenvalue weighted by Gasteiger charge is -2.49. The van der Waals surface area contributed by atoms with E-state index in [0.29, 0.717) is 22.8 Å². The molecule has 0 fully saturated rings. The topological polar surface area (TPSA) is 124 Å². The second-order valence-corrected chi connectivity index (χ2v) is 13.0. The maximum atomic E-state index is 14.6. The van der Waals surface area contributed by atoms with Gasteiger partial charge in [0.05, 0.1) is 52.2 Å². The lowest BCUT2D eigenvalue weighted by Crippen LogP contribution is -2.47. The van der Waals surface area contributed by atoms with Crippen LogP contribution in [0, 0.1) is 17.0 Å². The van der Waals surface area contributed by atoms with Crippen molar-refractivity contribution in [3.05, 3.63) is 77.2 Å². The molecule has 5 rings (SSSR count). The van der Waals surface area contributed by atoms with Crippen LogP contribution in [0.1, 0.15) is 75.6 Å². The Bertz CT molecular complexity index is 1690. The summed E-state index contributed by atoms with van der Waals surface area (Å²) in [4.78, 5) is 13.7. The lowest BCUT2D eigenvalue weighted by molar-refractivity contribution is 0.158. The Morgan fingerprint density at radius 1 is 1.07 bits per heavy atom. The Kier molecular flexibility index (Phi) is 6.82. The van der Waals surface area contributed by atoms with E-state index in [4.69, 9.17) is 9.40 Å². The van der Waals surface area contributed by atoms with E-state index >= 15 is 0 Å². The molecule has 0 unspecified atom stereocenters. The fraction of sp³-hybridized carbons (Fsp3) is 0.393. The van der Waals surface area contributed by atoms with E-state index in [2.05, 4.69) is 45.7 Å². The van der Waals surface area contributed by atoms with E-state index in [9.17, 15) is 17.2 Å². The van der Waals surface area contributed by atoms with E-state index in [1.165, 1.54) is 30.7 Å². The highest BCUT2D eigenvalue weighted by Crippen LogP contribution is 2.56. The number of rotatable bonds is 6. The molecule has 12 heteroatoms. The summed E-state index contributed by atoms with van der Waals surface area (Å²) in [6.07, 6.45) is 6.38. The summed E-state index contributed by atoms with van der Waals surface area (Å²) >= 11 is 0. The van der Waals surface area contributed by atoms with Crippen LogP contribution in [0.5, 0.6) is 0 Å². The molecule has 0 bridgehead atoms. The van der Waals surface area contributed by atoms with Gasteiger partial charge in [-0.3, -0.25) is 4.98 Å². The minimum Gasteiger partial charge on any atom is -0.443 e. The fourth-order valence-electron chi connectivity index (χ4n) is 5.60. The van der Waals surface area contributed by atoms with Crippen molar-refractivity contribution >= 4 is 10.0 Å². The predicted octanol–water partition coefficient (Wildman–Crippen LogP) is 5.32. The van der Waals surface area contributed by atoms with Gasteiger partial charge in [0.15, 0.2) is 0 Å². The molecular formula is C28H30F2N6O3S. The van der Waals surface area contributed by atoms with Crippen molar-refractivity contribution in [2.75, 3.05) is 6.26 Å². The highest BCUT2D eigenvalue weighted by atomic mass is 32.2.